The Hall–Kier alpha value is -0.970. The standard InChI is InChI=1S/C14H20FNO2/c1-10-7-11(15)4-5-13(10)14(18)8-16-6-2-3-12(16)9-17/h4-5,7,12,14,17-18H,2-3,6,8-9H2,1H3. The van der Waals surface area contributed by atoms with Crippen molar-refractivity contribution >= 4 is 0 Å². The van der Waals surface area contributed by atoms with Crippen LogP contribution in [0.5, 0.6) is 0 Å². The smallest absolute Gasteiger partial charge is 0.123 e. The van der Waals surface area contributed by atoms with Crippen molar-refractivity contribution in [3.05, 3.63) is 35.1 Å². The van der Waals surface area contributed by atoms with Gasteiger partial charge in [0.1, 0.15) is 5.82 Å². The van der Waals surface area contributed by atoms with Crippen LogP contribution in [0, 0.1) is 12.7 Å². The number of hydrogen-bond donors (Lipinski definition) is 2. The molecule has 0 bridgehead atoms. The van der Waals surface area contributed by atoms with Gasteiger partial charge in [-0.2, -0.15) is 0 Å². The maximum absolute atomic E-state index is 13.0. The summed E-state index contributed by atoms with van der Waals surface area (Å²) in [6.45, 7) is 3.34. The Morgan fingerprint density at radius 2 is 2.28 bits per heavy atom. The molecule has 0 spiro atoms. The first-order chi connectivity index (χ1) is 8.61. The van der Waals surface area contributed by atoms with Gasteiger partial charge in [-0.3, -0.25) is 4.90 Å². The molecule has 2 unspecified atom stereocenters. The van der Waals surface area contributed by atoms with Crippen molar-refractivity contribution in [3.63, 3.8) is 0 Å². The number of hydrogen-bond acceptors (Lipinski definition) is 3. The lowest BCUT2D eigenvalue weighted by Crippen LogP contribution is -2.35. The first-order valence-corrected chi connectivity index (χ1v) is 6.41. The van der Waals surface area contributed by atoms with Gasteiger partial charge in [0, 0.05) is 12.6 Å². The highest BCUT2D eigenvalue weighted by Crippen LogP contribution is 2.24. The molecular weight excluding hydrogens is 233 g/mol. The van der Waals surface area contributed by atoms with Crippen LogP contribution in [0.25, 0.3) is 0 Å². The molecule has 2 rings (SSSR count). The molecule has 100 valence electrons. The molecule has 1 aliphatic heterocycles. The summed E-state index contributed by atoms with van der Waals surface area (Å²) in [4.78, 5) is 2.10. The average molecular weight is 253 g/mol. The molecule has 4 heteroatoms. The molecule has 0 aromatic heterocycles. The number of likely N-dealkylation sites (tertiary alicyclic amines) is 1. The van der Waals surface area contributed by atoms with Crippen molar-refractivity contribution in [1.29, 1.82) is 0 Å². The minimum atomic E-state index is -0.627. The van der Waals surface area contributed by atoms with E-state index in [1.807, 2.05) is 0 Å². The maximum atomic E-state index is 13.0. The van der Waals surface area contributed by atoms with Crippen molar-refractivity contribution in [3.8, 4) is 0 Å². The fourth-order valence-corrected chi connectivity index (χ4v) is 2.68. The van der Waals surface area contributed by atoms with E-state index in [4.69, 9.17) is 0 Å². The highest BCUT2D eigenvalue weighted by Gasteiger charge is 2.26. The number of aliphatic hydroxyl groups excluding tert-OH is 2. The number of benzene rings is 1. The normalized spacial score (nSPS) is 22.3. The zero-order valence-corrected chi connectivity index (χ0v) is 10.6. The molecule has 2 atom stereocenters. The summed E-state index contributed by atoms with van der Waals surface area (Å²) in [5.41, 5.74) is 1.53. The number of rotatable bonds is 4. The van der Waals surface area contributed by atoms with Gasteiger partial charge < -0.3 is 10.2 Å². The van der Waals surface area contributed by atoms with Crippen LogP contribution in [0.15, 0.2) is 18.2 Å². The fraction of sp³-hybridized carbons (Fsp3) is 0.571. The van der Waals surface area contributed by atoms with E-state index in [2.05, 4.69) is 4.90 Å². The molecule has 1 aromatic carbocycles. The number of halogens is 1. The fourth-order valence-electron chi connectivity index (χ4n) is 2.68. The Kier molecular flexibility index (Phi) is 4.32. The molecule has 0 saturated carbocycles. The predicted molar refractivity (Wildman–Crippen MR) is 67.8 cm³/mol. The van der Waals surface area contributed by atoms with E-state index in [0.29, 0.717) is 6.54 Å². The Bertz CT molecular complexity index is 411. The third-order valence-electron chi connectivity index (χ3n) is 3.71. The second-order valence-corrected chi connectivity index (χ2v) is 4.99. The summed E-state index contributed by atoms with van der Waals surface area (Å²) in [5.74, 6) is -0.280. The Morgan fingerprint density at radius 3 is 2.94 bits per heavy atom. The van der Waals surface area contributed by atoms with Gasteiger partial charge >= 0.3 is 0 Å². The minimum Gasteiger partial charge on any atom is -0.395 e. The summed E-state index contributed by atoms with van der Waals surface area (Å²) < 4.78 is 13.0. The molecule has 2 N–H and O–H groups in total. The number of aryl methyl sites for hydroxylation is 1. The number of β-amino-alcohol motifs (C(OH)–C–C–N with tert-alkyl or cyclic N) is 1. The summed E-state index contributed by atoms with van der Waals surface area (Å²) in [6, 6.07) is 4.60. The van der Waals surface area contributed by atoms with E-state index in [-0.39, 0.29) is 18.5 Å². The SMILES string of the molecule is Cc1cc(F)ccc1C(O)CN1CCCC1CO. The van der Waals surface area contributed by atoms with Crippen LogP contribution >= 0.6 is 0 Å². The summed E-state index contributed by atoms with van der Waals surface area (Å²) in [5, 5.41) is 19.5. The van der Waals surface area contributed by atoms with Crippen LogP contribution in [-0.4, -0.2) is 40.9 Å². The predicted octanol–water partition coefficient (Wildman–Crippen LogP) is 1.62. The minimum absolute atomic E-state index is 0.134. The van der Waals surface area contributed by atoms with Gasteiger partial charge in [-0.05, 0) is 49.6 Å². The first-order valence-electron chi connectivity index (χ1n) is 6.41. The molecular formula is C14H20FNO2. The molecule has 1 saturated heterocycles. The second kappa shape index (κ2) is 5.78. The lowest BCUT2D eigenvalue weighted by Gasteiger charge is -2.26. The van der Waals surface area contributed by atoms with Crippen molar-refractivity contribution in [2.24, 2.45) is 0 Å². The molecule has 0 amide bonds. The van der Waals surface area contributed by atoms with Gasteiger partial charge in [-0.1, -0.05) is 6.07 Å². The van der Waals surface area contributed by atoms with Crippen molar-refractivity contribution in [1.82, 2.24) is 4.90 Å². The molecule has 0 aliphatic carbocycles. The molecule has 1 aliphatic rings. The lowest BCUT2D eigenvalue weighted by molar-refractivity contribution is 0.0847. The molecule has 0 radical (unpaired) electrons. The van der Waals surface area contributed by atoms with Crippen molar-refractivity contribution in [2.45, 2.75) is 31.9 Å². The van der Waals surface area contributed by atoms with E-state index in [0.717, 1.165) is 30.5 Å². The van der Waals surface area contributed by atoms with E-state index in [1.54, 1.807) is 13.0 Å². The van der Waals surface area contributed by atoms with Crippen LogP contribution in [0.1, 0.15) is 30.1 Å². The third-order valence-corrected chi connectivity index (χ3v) is 3.71. The number of nitrogens with zero attached hydrogens (tertiary/aromatic N) is 1. The van der Waals surface area contributed by atoms with E-state index >= 15 is 0 Å². The molecule has 1 aromatic rings. The lowest BCUT2D eigenvalue weighted by atomic mass is 10.0. The molecule has 1 fully saturated rings. The average Bonchev–Trinajstić information content (AvgIpc) is 2.76. The summed E-state index contributed by atoms with van der Waals surface area (Å²) >= 11 is 0. The monoisotopic (exact) mass is 253 g/mol. The van der Waals surface area contributed by atoms with Gasteiger partial charge in [0.25, 0.3) is 0 Å². The van der Waals surface area contributed by atoms with E-state index in [9.17, 15) is 14.6 Å². The van der Waals surface area contributed by atoms with Crippen LogP contribution < -0.4 is 0 Å². The van der Waals surface area contributed by atoms with E-state index < -0.39 is 6.10 Å². The van der Waals surface area contributed by atoms with Gasteiger partial charge in [0.2, 0.25) is 0 Å². The second-order valence-electron chi connectivity index (χ2n) is 4.99. The Balaban J connectivity index is 2.05. The van der Waals surface area contributed by atoms with Gasteiger partial charge in [-0.25, -0.2) is 4.39 Å². The van der Waals surface area contributed by atoms with Gasteiger partial charge in [0.05, 0.1) is 12.7 Å². The van der Waals surface area contributed by atoms with Crippen molar-refractivity contribution in [2.75, 3.05) is 19.7 Å². The Morgan fingerprint density at radius 1 is 1.50 bits per heavy atom. The van der Waals surface area contributed by atoms with Gasteiger partial charge in [0.15, 0.2) is 0 Å². The zero-order chi connectivity index (χ0) is 13.1. The van der Waals surface area contributed by atoms with Crippen LogP contribution in [0.3, 0.4) is 0 Å². The highest BCUT2D eigenvalue weighted by molar-refractivity contribution is 5.28. The number of aliphatic hydroxyl groups is 2. The summed E-state index contributed by atoms with van der Waals surface area (Å²) in [6.07, 6.45) is 1.41. The summed E-state index contributed by atoms with van der Waals surface area (Å²) in [7, 11) is 0. The largest absolute Gasteiger partial charge is 0.395 e. The van der Waals surface area contributed by atoms with Crippen LogP contribution in [0.4, 0.5) is 4.39 Å². The maximum Gasteiger partial charge on any atom is 0.123 e. The van der Waals surface area contributed by atoms with Crippen LogP contribution in [0.2, 0.25) is 0 Å². The molecule has 3 nitrogen and oxygen atoms in total. The van der Waals surface area contributed by atoms with Crippen LogP contribution in [-0.2, 0) is 0 Å². The Labute approximate surface area is 107 Å². The van der Waals surface area contributed by atoms with Crippen molar-refractivity contribution < 1.29 is 14.6 Å². The first kappa shape index (κ1) is 13.5. The van der Waals surface area contributed by atoms with Gasteiger partial charge in [-0.15, -0.1) is 0 Å². The topological polar surface area (TPSA) is 43.7 Å². The quantitative estimate of drug-likeness (QED) is 0.857. The molecule has 1 heterocycles. The molecule has 18 heavy (non-hydrogen) atoms. The highest BCUT2D eigenvalue weighted by atomic mass is 19.1. The third kappa shape index (κ3) is 2.88. The zero-order valence-electron chi connectivity index (χ0n) is 10.6. The van der Waals surface area contributed by atoms with E-state index in [1.165, 1.54) is 12.1 Å².